The number of benzene rings is 4. The van der Waals surface area contributed by atoms with Gasteiger partial charge in [0.15, 0.2) is 11.2 Å². The van der Waals surface area contributed by atoms with E-state index in [4.69, 9.17) is 28.2 Å². The average molecular weight is 452 g/mol. The molecule has 0 radical (unpaired) electrons. The van der Waals surface area contributed by atoms with E-state index in [1.807, 2.05) is 78.9 Å². The first-order chi connectivity index (χ1) is 14.7. The maximum Gasteiger partial charge on any atom is 0.336 e. The summed E-state index contributed by atoms with van der Waals surface area (Å²) in [6, 6.07) is 34.2. The Morgan fingerprint density at radius 2 is 1.30 bits per heavy atom. The van der Waals surface area contributed by atoms with E-state index in [0.717, 1.165) is 39.2 Å². The van der Waals surface area contributed by atoms with E-state index < -0.39 is 0 Å². The molecule has 0 saturated heterocycles. The lowest BCUT2D eigenvalue weighted by molar-refractivity contribution is -0.573. The molecule has 1 heterocycles. The van der Waals surface area contributed by atoms with Gasteiger partial charge in [-0.15, -0.1) is 0 Å². The quantitative estimate of drug-likeness (QED) is 0.266. The number of hydrogen-bond donors (Lipinski definition) is 0. The van der Waals surface area contributed by atoms with Crippen LogP contribution in [0.2, 0.25) is 10.0 Å². The van der Waals surface area contributed by atoms with Crippen molar-refractivity contribution in [1.29, 1.82) is 0 Å². The molecule has 0 fully saturated rings. The summed E-state index contributed by atoms with van der Waals surface area (Å²) in [6.45, 7) is 0. The van der Waals surface area contributed by atoms with Crippen molar-refractivity contribution < 1.29 is 4.57 Å². The summed E-state index contributed by atoms with van der Waals surface area (Å²) >= 11 is 12.6. The Morgan fingerprint density at radius 1 is 0.700 bits per heavy atom. The molecule has 5 aromatic rings. The zero-order valence-corrected chi connectivity index (χ0v) is 17.5. The van der Waals surface area contributed by atoms with Crippen molar-refractivity contribution in [1.82, 2.24) is 4.98 Å². The van der Waals surface area contributed by atoms with Gasteiger partial charge in [-0.2, -0.15) is 4.57 Å². The fourth-order valence-electron chi connectivity index (χ4n) is 3.69. The summed E-state index contributed by atoms with van der Waals surface area (Å²) in [5.41, 5.74) is 5.01. The minimum Gasteiger partial charge on any atom is -0.188 e. The van der Waals surface area contributed by atoms with Crippen molar-refractivity contribution >= 4 is 34.1 Å². The molecule has 0 unspecified atom stereocenters. The molecule has 5 rings (SSSR count). The van der Waals surface area contributed by atoms with Crippen LogP contribution in [-0.2, 0) is 0 Å². The van der Waals surface area contributed by atoms with Crippen LogP contribution in [0.5, 0.6) is 0 Å². The lowest BCUT2D eigenvalue weighted by Crippen LogP contribution is -2.37. The van der Waals surface area contributed by atoms with Crippen LogP contribution in [0.3, 0.4) is 0 Å². The first-order valence-electron chi connectivity index (χ1n) is 9.63. The molecule has 0 aliphatic rings. The van der Waals surface area contributed by atoms with Gasteiger partial charge in [0.25, 0.3) is 0 Å². The zero-order valence-electron chi connectivity index (χ0n) is 16.0. The Kier molecular flexibility index (Phi) is 4.96. The number of nitrogens with zero attached hydrogens (tertiary/aromatic N) is 2. The molecule has 0 N–H and O–H groups in total. The standard InChI is InChI=1S/C26H17Cl2N2/c27-20-11-14-22(15-12-20)30-25(18-7-3-1-4-8-18)23-17-21(28)13-16-24(23)29-26(30)19-9-5-2-6-10-19/h1-17H/q+1/i11+2,12+2,13+2,14+2,15+2,16+2,17+2,20+2,21+2,22+2,23+2,24+2. The molecule has 0 aliphatic carbocycles. The molecule has 1 aromatic heterocycles. The van der Waals surface area contributed by atoms with Gasteiger partial charge in [-0.3, -0.25) is 0 Å². The van der Waals surface area contributed by atoms with E-state index in [2.05, 4.69) is 28.8 Å². The van der Waals surface area contributed by atoms with Crippen molar-refractivity contribution in [2.45, 2.75) is 0 Å². The predicted molar refractivity (Wildman–Crippen MR) is 124 cm³/mol. The second-order valence-corrected chi connectivity index (χ2v) is 7.86. The number of fused-ring (bicyclic) bond motifs is 1. The number of rotatable bonds is 3. The summed E-state index contributed by atoms with van der Waals surface area (Å²) in [7, 11) is 0. The third-order valence-electron chi connectivity index (χ3n) is 5.04. The molecule has 30 heavy (non-hydrogen) atoms. The SMILES string of the molecule is Cl[14c]1[14cH][14cH][14c](-[n+]2c(-c3ccccc3)n[14c]3[14cH][14cH][14c](Cl)[14cH][14c]3c2-c2ccccc2)[14cH][14cH]1. The topological polar surface area (TPSA) is 16.8 Å². The smallest absolute Gasteiger partial charge is 0.188 e. The van der Waals surface area contributed by atoms with Crippen LogP contribution in [0, 0.1) is 0 Å². The fraction of sp³-hybridized carbons (Fsp3) is 0. The van der Waals surface area contributed by atoms with Crippen molar-refractivity contribution in [3.63, 3.8) is 0 Å². The average Bonchev–Trinajstić information content (AvgIpc) is 2.79. The second-order valence-electron chi connectivity index (χ2n) is 6.99. The monoisotopic (exact) mass is 451 g/mol. The van der Waals surface area contributed by atoms with Gasteiger partial charge in [-0.25, -0.2) is 0 Å². The van der Waals surface area contributed by atoms with Gasteiger partial charge in [0.05, 0.1) is 10.9 Å². The summed E-state index contributed by atoms with van der Waals surface area (Å²) in [4.78, 5) is 5.04. The van der Waals surface area contributed by atoms with Gasteiger partial charge in [-0.05, 0) is 59.6 Å². The highest BCUT2D eigenvalue weighted by Crippen LogP contribution is 2.31. The van der Waals surface area contributed by atoms with Gasteiger partial charge in [-0.1, -0.05) is 71.7 Å². The molecular formula is C26H17Cl2N2+. The molecule has 0 amide bonds. The Labute approximate surface area is 185 Å². The van der Waals surface area contributed by atoms with E-state index in [0.29, 0.717) is 10.0 Å². The molecule has 4 aromatic carbocycles. The van der Waals surface area contributed by atoms with Gasteiger partial charge in [0.1, 0.15) is 5.69 Å². The van der Waals surface area contributed by atoms with Crippen LogP contribution in [0.25, 0.3) is 39.2 Å². The maximum atomic E-state index is 6.40. The van der Waals surface area contributed by atoms with Crippen LogP contribution in [0.1, 0.15) is 0 Å². The van der Waals surface area contributed by atoms with Crippen LogP contribution in [-0.4, -0.2) is 4.98 Å². The second kappa shape index (κ2) is 7.91. The molecule has 0 atom stereocenters. The highest BCUT2D eigenvalue weighted by atomic mass is 35.5. The summed E-state index contributed by atoms with van der Waals surface area (Å²) in [5.74, 6) is 0.853. The maximum absolute atomic E-state index is 6.40. The fourth-order valence-corrected chi connectivity index (χ4v) is 3.99. The normalized spacial score (nSPS) is 11.0. The van der Waals surface area contributed by atoms with Gasteiger partial charge in [0, 0.05) is 15.6 Å². The number of hydrogen-bond acceptors (Lipinski definition) is 1. The Hall–Kier alpha value is -3.20. The first kappa shape index (κ1) is 18.8. The van der Waals surface area contributed by atoms with Gasteiger partial charge >= 0.3 is 5.82 Å². The highest BCUT2D eigenvalue weighted by Gasteiger charge is 2.26. The van der Waals surface area contributed by atoms with Gasteiger partial charge < -0.3 is 0 Å². The van der Waals surface area contributed by atoms with E-state index in [1.54, 1.807) is 0 Å². The van der Waals surface area contributed by atoms with Crippen LogP contribution >= 0.6 is 23.2 Å². The van der Waals surface area contributed by atoms with Crippen LogP contribution < -0.4 is 4.57 Å². The number of halogens is 2. The lowest BCUT2D eigenvalue weighted by atomic mass is 10.2. The minimum atomic E-state index is 0.677. The van der Waals surface area contributed by atoms with Crippen molar-refractivity contribution in [3.05, 3.63) is 113 Å². The molecule has 4 heteroatoms. The highest BCUT2D eigenvalue weighted by molar-refractivity contribution is 6.31. The Balaban J connectivity index is 1.97. The van der Waals surface area contributed by atoms with Gasteiger partial charge in [0.2, 0.25) is 0 Å². The molecule has 0 bridgehead atoms. The molecular weight excluding hydrogens is 435 g/mol. The first-order valence-corrected chi connectivity index (χ1v) is 10.4. The van der Waals surface area contributed by atoms with E-state index >= 15 is 0 Å². The van der Waals surface area contributed by atoms with E-state index in [1.165, 1.54) is 0 Å². The molecule has 0 spiro atoms. The third-order valence-corrected chi connectivity index (χ3v) is 5.53. The van der Waals surface area contributed by atoms with Crippen molar-refractivity contribution in [2.24, 2.45) is 0 Å². The van der Waals surface area contributed by atoms with E-state index in [-0.39, 0.29) is 0 Å². The summed E-state index contributed by atoms with van der Waals surface area (Å²) < 4.78 is 2.18. The van der Waals surface area contributed by atoms with Crippen molar-refractivity contribution in [2.75, 3.05) is 0 Å². The summed E-state index contributed by atoms with van der Waals surface area (Å²) in [5, 5.41) is 2.36. The van der Waals surface area contributed by atoms with Crippen molar-refractivity contribution in [3.8, 4) is 28.3 Å². The summed E-state index contributed by atoms with van der Waals surface area (Å²) in [6.07, 6.45) is 0. The largest absolute Gasteiger partial charge is 0.336 e. The Bertz CT molecular complexity index is 1330. The molecule has 144 valence electrons. The minimum absolute atomic E-state index is 0.677. The number of aromatic nitrogens is 2. The van der Waals surface area contributed by atoms with Crippen LogP contribution in [0.4, 0.5) is 0 Å². The third kappa shape index (κ3) is 3.45. The zero-order chi connectivity index (χ0) is 20.5. The van der Waals surface area contributed by atoms with E-state index in [9.17, 15) is 0 Å². The molecule has 0 aliphatic heterocycles. The lowest BCUT2D eigenvalue weighted by Gasteiger charge is -2.13. The van der Waals surface area contributed by atoms with Crippen LogP contribution in [0.15, 0.2) is 103 Å². The predicted octanol–water partition coefficient (Wildman–Crippen LogP) is 7.15. The Morgan fingerprint density at radius 3 is 1.97 bits per heavy atom. The molecule has 2 nitrogen and oxygen atoms in total. The molecule has 0 saturated carbocycles.